The Morgan fingerprint density at radius 3 is 2.53 bits per heavy atom. The van der Waals surface area contributed by atoms with Gasteiger partial charge in [-0.25, -0.2) is 9.78 Å². The Morgan fingerprint density at radius 2 is 2.00 bits per heavy atom. The zero-order chi connectivity index (χ0) is 12.3. The van der Waals surface area contributed by atoms with E-state index in [4.69, 9.17) is 5.11 Å². The molecule has 0 radical (unpaired) electrons. The van der Waals surface area contributed by atoms with Crippen LogP contribution in [-0.2, 0) is 0 Å². The lowest BCUT2D eigenvalue weighted by Crippen LogP contribution is -1.99. The highest BCUT2D eigenvalue weighted by Crippen LogP contribution is 2.13. The summed E-state index contributed by atoms with van der Waals surface area (Å²) in [4.78, 5) is 18.8. The van der Waals surface area contributed by atoms with E-state index in [-0.39, 0.29) is 5.56 Å². The van der Waals surface area contributed by atoms with E-state index in [9.17, 15) is 4.79 Å². The van der Waals surface area contributed by atoms with Crippen LogP contribution in [0.3, 0.4) is 0 Å². The number of aryl methyl sites for hydroxylation is 1. The van der Waals surface area contributed by atoms with Gasteiger partial charge in [0.1, 0.15) is 5.82 Å². The summed E-state index contributed by atoms with van der Waals surface area (Å²) in [5.74, 6) is -0.401. The fourth-order valence-corrected chi connectivity index (χ4v) is 1.28. The Hall–Kier alpha value is -2.43. The number of carboxylic acids is 1. The van der Waals surface area contributed by atoms with Crippen molar-refractivity contribution in [1.29, 1.82) is 0 Å². The van der Waals surface area contributed by atoms with Crippen molar-refractivity contribution in [3.05, 3.63) is 47.9 Å². The summed E-state index contributed by atoms with van der Waals surface area (Å²) in [5, 5.41) is 11.8. The maximum absolute atomic E-state index is 10.6. The molecule has 0 fully saturated rings. The molecule has 0 aromatic carbocycles. The van der Waals surface area contributed by atoms with E-state index in [1.54, 1.807) is 12.3 Å². The molecule has 0 bridgehead atoms. The molecule has 0 atom stereocenters. The summed E-state index contributed by atoms with van der Waals surface area (Å²) >= 11 is 0. The lowest BCUT2D eigenvalue weighted by atomic mass is 10.3. The second-order valence-corrected chi connectivity index (χ2v) is 3.55. The molecule has 0 aliphatic carbocycles. The molecule has 2 N–H and O–H groups in total. The van der Waals surface area contributed by atoms with E-state index in [2.05, 4.69) is 15.3 Å². The lowest BCUT2D eigenvalue weighted by molar-refractivity contribution is 0.0696. The average Bonchev–Trinajstić information content (AvgIpc) is 2.33. The molecule has 2 aromatic heterocycles. The minimum Gasteiger partial charge on any atom is -0.478 e. The highest BCUT2D eigenvalue weighted by molar-refractivity contribution is 5.87. The number of aromatic carboxylic acids is 1. The highest BCUT2D eigenvalue weighted by atomic mass is 16.4. The van der Waals surface area contributed by atoms with Crippen molar-refractivity contribution in [2.75, 3.05) is 5.32 Å². The van der Waals surface area contributed by atoms with E-state index < -0.39 is 5.97 Å². The fraction of sp³-hybridized carbons (Fsp3) is 0.0833. The quantitative estimate of drug-likeness (QED) is 0.844. The molecule has 0 saturated heterocycles. The van der Waals surface area contributed by atoms with Crippen LogP contribution >= 0.6 is 0 Å². The fourth-order valence-electron chi connectivity index (χ4n) is 1.28. The van der Waals surface area contributed by atoms with Crippen LogP contribution in [0.15, 0.2) is 36.7 Å². The third kappa shape index (κ3) is 2.78. The van der Waals surface area contributed by atoms with E-state index in [0.29, 0.717) is 5.82 Å². The van der Waals surface area contributed by atoms with E-state index in [0.717, 1.165) is 11.4 Å². The molecule has 0 unspecified atom stereocenters. The first-order valence-corrected chi connectivity index (χ1v) is 5.04. The van der Waals surface area contributed by atoms with Crippen LogP contribution in [0.1, 0.15) is 16.1 Å². The van der Waals surface area contributed by atoms with Crippen molar-refractivity contribution in [1.82, 2.24) is 9.97 Å². The first-order valence-electron chi connectivity index (χ1n) is 5.04. The van der Waals surface area contributed by atoms with Crippen molar-refractivity contribution in [3.8, 4) is 0 Å². The Balaban J connectivity index is 2.13. The second-order valence-electron chi connectivity index (χ2n) is 3.55. The Labute approximate surface area is 98.2 Å². The Bertz CT molecular complexity index is 520. The molecule has 17 heavy (non-hydrogen) atoms. The molecule has 0 spiro atoms. The van der Waals surface area contributed by atoms with Crippen LogP contribution in [-0.4, -0.2) is 21.0 Å². The highest BCUT2D eigenvalue weighted by Gasteiger charge is 2.02. The first kappa shape index (κ1) is 11.1. The van der Waals surface area contributed by atoms with Gasteiger partial charge < -0.3 is 10.4 Å². The predicted molar refractivity (Wildman–Crippen MR) is 63.5 cm³/mol. The van der Waals surface area contributed by atoms with Crippen molar-refractivity contribution in [2.24, 2.45) is 0 Å². The summed E-state index contributed by atoms with van der Waals surface area (Å²) < 4.78 is 0. The summed E-state index contributed by atoms with van der Waals surface area (Å²) in [6.45, 7) is 1.91. The molecular formula is C12H11N3O2. The lowest BCUT2D eigenvalue weighted by Gasteiger charge is -2.05. The second kappa shape index (κ2) is 4.61. The number of rotatable bonds is 3. The van der Waals surface area contributed by atoms with E-state index in [1.165, 1.54) is 12.3 Å². The van der Waals surface area contributed by atoms with Gasteiger partial charge in [-0.15, -0.1) is 0 Å². The van der Waals surface area contributed by atoms with Crippen molar-refractivity contribution in [2.45, 2.75) is 6.92 Å². The van der Waals surface area contributed by atoms with Crippen LogP contribution < -0.4 is 5.32 Å². The van der Waals surface area contributed by atoms with Crippen LogP contribution in [0, 0.1) is 6.92 Å². The summed E-state index contributed by atoms with van der Waals surface area (Å²) in [6.07, 6.45) is 3.01. The van der Waals surface area contributed by atoms with Crippen LogP contribution in [0.5, 0.6) is 0 Å². The van der Waals surface area contributed by atoms with Gasteiger partial charge in [0.15, 0.2) is 0 Å². The van der Waals surface area contributed by atoms with Gasteiger partial charge in [0.05, 0.1) is 17.4 Å². The molecule has 0 amide bonds. The van der Waals surface area contributed by atoms with Crippen molar-refractivity contribution >= 4 is 17.5 Å². The van der Waals surface area contributed by atoms with Gasteiger partial charge in [0.2, 0.25) is 0 Å². The van der Waals surface area contributed by atoms with E-state index >= 15 is 0 Å². The minimum atomic E-state index is -0.985. The number of pyridine rings is 2. The summed E-state index contributed by atoms with van der Waals surface area (Å²) in [5.41, 5.74) is 1.91. The monoisotopic (exact) mass is 229 g/mol. The first-order chi connectivity index (χ1) is 8.15. The standard InChI is InChI=1S/C12H11N3O2/c1-8-2-4-10(7-13-8)15-11-5-3-9(6-14-11)12(16)17/h2-7H,1H3,(H,14,15)(H,16,17). The molecular weight excluding hydrogens is 218 g/mol. The number of nitrogens with zero attached hydrogens (tertiary/aromatic N) is 2. The van der Waals surface area contributed by atoms with Crippen LogP contribution in [0.2, 0.25) is 0 Å². The SMILES string of the molecule is Cc1ccc(Nc2ccc(C(=O)O)cn2)cn1. The number of hydrogen-bond donors (Lipinski definition) is 2. The average molecular weight is 229 g/mol. The summed E-state index contributed by atoms with van der Waals surface area (Å²) in [7, 11) is 0. The number of aromatic nitrogens is 2. The number of anilines is 2. The van der Waals surface area contributed by atoms with Gasteiger partial charge in [-0.3, -0.25) is 4.98 Å². The van der Waals surface area contributed by atoms with Gasteiger partial charge in [-0.05, 0) is 31.2 Å². The number of carbonyl (C=O) groups is 1. The molecule has 2 rings (SSSR count). The molecule has 0 aliphatic heterocycles. The number of hydrogen-bond acceptors (Lipinski definition) is 4. The zero-order valence-corrected chi connectivity index (χ0v) is 9.21. The van der Waals surface area contributed by atoms with Gasteiger partial charge in [-0.2, -0.15) is 0 Å². The smallest absolute Gasteiger partial charge is 0.337 e. The molecule has 5 nitrogen and oxygen atoms in total. The zero-order valence-electron chi connectivity index (χ0n) is 9.21. The maximum atomic E-state index is 10.6. The minimum absolute atomic E-state index is 0.164. The third-order valence-corrected chi connectivity index (χ3v) is 2.19. The molecule has 0 saturated carbocycles. The molecule has 86 valence electrons. The number of nitrogens with one attached hydrogen (secondary N) is 1. The topological polar surface area (TPSA) is 75.1 Å². The largest absolute Gasteiger partial charge is 0.478 e. The molecule has 0 aliphatic rings. The summed E-state index contributed by atoms with van der Waals surface area (Å²) in [6, 6.07) is 6.88. The maximum Gasteiger partial charge on any atom is 0.337 e. The Morgan fingerprint density at radius 1 is 1.18 bits per heavy atom. The van der Waals surface area contributed by atoms with Crippen molar-refractivity contribution < 1.29 is 9.90 Å². The molecule has 2 aromatic rings. The van der Waals surface area contributed by atoms with Gasteiger partial charge >= 0.3 is 5.97 Å². The molecule has 5 heteroatoms. The van der Waals surface area contributed by atoms with Gasteiger partial charge in [0.25, 0.3) is 0 Å². The van der Waals surface area contributed by atoms with Crippen LogP contribution in [0.25, 0.3) is 0 Å². The molecule has 2 heterocycles. The van der Waals surface area contributed by atoms with Crippen molar-refractivity contribution in [3.63, 3.8) is 0 Å². The third-order valence-electron chi connectivity index (χ3n) is 2.19. The van der Waals surface area contributed by atoms with Gasteiger partial charge in [0, 0.05) is 11.9 Å². The predicted octanol–water partition coefficient (Wildman–Crippen LogP) is 2.23. The number of carboxylic acid groups (broad SMARTS) is 1. The van der Waals surface area contributed by atoms with Gasteiger partial charge in [-0.1, -0.05) is 0 Å². The Kier molecular flexibility index (Phi) is 3.00. The normalized spacial score (nSPS) is 9.94. The van der Waals surface area contributed by atoms with E-state index in [1.807, 2.05) is 19.1 Å². The van der Waals surface area contributed by atoms with Crippen LogP contribution in [0.4, 0.5) is 11.5 Å².